The zero-order valence-corrected chi connectivity index (χ0v) is 9.05. The average Bonchev–Trinajstić information content (AvgIpc) is 2.90. The van der Waals surface area contributed by atoms with Gasteiger partial charge in [-0.2, -0.15) is 0 Å². The van der Waals surface area contributed by atoms with Crippen molar-refractivity contribution in [3.63, 3.8) is 0 Å². The Morgan fingerprint density at radius 2 is 1.82 bits per heavy atom. The second-order valence-corrected chi connectivity index (χ2v) is 3.48. The Bertz CT molecular complexity index is 503. The highest BCUT2D eigenvalue weighted by Crippen LogP contribution is 2.01. The molecule has 1 aromatic heterocycles. The first kappa shape index (κ1) is 11.1. The van der Waals surface area contributed by atoms with Crippen LogP contribution >= 0.6 is 0 Å². The molecule has 1 heterocycles. The van der Waals surface area contributed by atoms with E-state index in [1.807, 2.05) is 6.07 Å². The lowest BCUT2D eigenvalue weighted by molar-refractivity contribution is 0.0904. The van der Waals surface area contributed by atoms with Crippen molar-refractivity contribution in [2.45, 2.75) is 0 Å². The van der Waals surface area contributed by atoms with Crippen LogP contribution in [-0.4, -0.2) is 18.2 Å². The van der Waals surface area contributed by atoms with Gasteiger partial charge in [-0.05, 0) is 18.2 Å². The first-order valence-corrected chi connectivity index (χ1v) is 5.16. The zero-order chi connectivity index (χ0) is 12.1. The predicted molar refractivity (Wildman–Crippen MR) is 61.8 cm³/mol. The number of furan rings is 1. The van der Waals surface area contributed by atoms with Crippen molar-refractivity contribution in [2.24, 2.45) is 0 Å². The van der Waals surface area contributed by atoms with Crippen molar-refractivity contribution < 1.29 is 14.0 Å². The van der Waals surface area contributed by atoms with Crippen molar-refractivity contribution in [1.82, 2.24) is 5.32 Å². The molecule has 2 rings (SSSR count). The van der Waals surface area contributed by atoms with Gasteiger partial charge in [-0.1, -0.05) is 18.2 Å². The third-order valence-electron chi connectivity index (χ3n) is 2.29. The number of hydrogen-bond donors (Lipinski definition) is 1. The SMILES string of the molecule is O=C(CNC(=O)c1ccccc1)c1ccoc1. The van der Waals surface area contributed by atoms with Gasteiger partial charge in [-0.25, -0.2) is 0 Å². The van der Waals surface area contributed by atoms with Gasteiger partial charge < -0.3 is 9.73 Å². The first-order valence-electron chi connectivity index (χ1n) is 5.16. The van der Waals surface area contributed by atoms with Crippen molar-refractivity contribution >= 4 is 11.7 Å². The lowest BCUT2D eigenvalue weighted by atomic mass is 10.2. The standard InChI is InChI=1S/C13H11NO3/c15-12(11-6-7-17-9-11)8-14-13(16)10-4-2-1-3-5-10/h1-7,9H,8H2,(H,14,16). The molecule has 0 aliphatic heterocycles. The first-order chi connectivity index (χ1) is 8.27. The van der Waals surface area contributed by atoms with Gasteiger partial charge in [0.25, 0.3) is 5.91 Å². The summed E-state index contributed by atoms with van der Waals surface area (Å²) >= 11 is 0. The molecule has 0 fully saturated rings. The van der Waals surface area contributed by atoms with Crippen LogP contribution in [0.4, 0.5) is 0 Å². The van der Waals surface area contributed by atoms with E-state index < -0.39 is 0 Å². The summed E-state index contributed by atoms with van der Waals surface area (Å²) in [4.78, 5) is 23.2. The minimum Gasteiger partial charge on any atom is -0.472 e. The van der Waals surface area contributed by atoms with Crippen molar-refractivity contribution in [2.75, 3.05) is 6.54 Å². The van der Waals surface area contributed by atoms with Gasteiger partial charge in [-0.15, -0.1) is 0 Å². The smallest absolute Gasteiger partial charge is 0.251 e. The fourth-order valence-electron chi connectivity index (χ4n) is 1.38. The zero-order valence-electron chi connectivity index (χ0n) is 9.05. The molecule has 0 bridgehead atoms. The van der Waals surface area contributed by atoms with Crippen molar-refractivity contribution in [3.05, 3.63) is 60.1 Å². The van der Waals surface area contributed by atoms with Gasteiger partial charge in [0, 0.05) is 5.56 Å². The van der Waals surface area contributed by atoms with Crippen LogP contribution in [0.25, 0.3) is 0 Å². The van der Waals surface area contributed by atoms with Crippen LogP contribution in [0.15, 0.2) is 53.3 Å². The molecule has 86 valence electrons. The molecular formula is C13H11NO3. The van der Waals surface area contributed by atoms with E-state index in [1.54, 1.807) is 30.3 Å². The molecule has 0 atom stereocenters. The number of carbonyl (C=O) groups is 2. The summed E-state index contributed by atoms with van der Waals surface area (Å²) in [6, 6.07) is 10.3. The highest BCUT2D eigenvalue weighted by atomic mass is 16.3. The van der Waals surface area contributed by atoms with Crippen LogP contribution in [0, 0.1) is 0 Å². The topological polar surface area (TPSA) is 59.3 Å². The van der Waals surface area contributed by atoms with E-state index in [4.69, 9.17) is 4.42 Å². The monoisotopic (exact) mass is 229 g/mol. The van der Waals surface area contributed by atoms with Gasteiger partial charge in [0.15, 0.2) is 5.78 Å². The number of nitrogens with one attached hydrogen (secondary N) is 1. The summed E-state index contributed by atoms with van der Waals surface area (Å²) < 4.78 is 4.79. The van der Waals surface area contributed by atoms with Crippen LogP contribution in [0.3, 0.4) is 0 Å². The van der Waals surface area contributed by atoms with Crippen molar-refractivity contribution in [1.29, 1.82) is 0 Å². The molecular weight excluding hydrogens is 218 g/mol. The van der Waals surface area contributed by atoms with Crippen LogP contribution in [-0.2, 0) is 0 Å². The lowest BCUT2D eigenvalue weighted by Gasteiger charge is -2.03. The fourth-order valence-corrected chi connectivity index (χ4v) is 1.38. The van der Waals surface area contributed by atoms with Crippen LogP contribution in [0.2, 0.25) is 0 Å². The largest absolute Gasteiger partial charge is 0.472 e. The van der Waals surface area contributed by atoms with Gasteiger partial charge in [-0.3, -0.25) is 9.59 Å². The summed E-state index contributed by atoms with van der Waals surface area (Å²) in [6.07, 6.45) is 2.78. The molecule has 0 spiro atoms. The summed E-state index contributed by atoms with van der Waals surface area (Å²) in [5, 5.41) is 2.56. The summed E-state index contributed by atoms with van der Waals surface area (Å²) in [6.45, 7) is -0.0345. The van der Waals surface area contributed by atoms with Gasteiger partial charge in [0.05, 0.1) is 18.4 Å². The van der Waals surface area contributed by atoms with E-state index in [0.717, 1.165) is 0 Å². The molecule has 4 nitrogen and oxygen atoms in total. The van der Waals surface area contributed by atoms with Gasteiger partial charge in [0.2, 0.25) is 0 Å². The molecule has 0 radical (unpaired) electrons. The number of carbonyl (C=O) groups excluding carboxylic acids is 2. The molecule has 1 amide bonds. The van der Waals surface area contributed by atoms with Crippen LogP contribution < -0.4 is 5.32 Å². The molecule has 1 N–H and O–H groups in total. The maximum Gasteiger partial charge on any atom is 0.251 e. The number of ketones is 1. The molecule has 17 heavy (non-hydrogen) atoms. The molecule has 0 unspecified atom stereocenters. The quantitative estimate of drug-likeness (QED) is 0.814. The van der Waals surface area contributed by atoms with E-state index >= 15 is 0 Å². The van der Waals surface area contributed by atoms with Crippen LogP contribution in [0.5, 0.6) is 0 Å². The number of rotatable bonds is 4. The Kier molecular flexibility index (Phi) is 3.35. The summed E-state index contributed by atoms with van der Waals surface area (Å²) in [5.41, 5.74) is 0.992. The predicted octanol–water partition coefficient (Wildman–Crippen LogP) is 1.89. The number of benzene rings is 1. The Balaban J connectivity index is 1.91. The van der Waals surface area contributed by atoms with E-state index in [0.29, 0.717) is 11.1 Å². The summed E-state index contributed by atoms with van der Waals surface area (Å²) in [7, 11) is 0. The van der Waals surface area contributed by atoms with E-state index in [-0.39, 0.29) is 18.2 Å². The van der Waals surface area contributed by atoms with Crippen molar-refractivity contribution in [3.8, 4) is 0 Å². The maximum atomic E-state index is 11.6. The highest BCUT2D eigenvalue weighted by molar-refractivity contribution is 6.01. The third kappa shape index (κ3) is 2.81. The minimum atomic E-state index is -0.262. The molecule has 1 aromatic carbocycles. The number of amides is 1. The Morgan fingerprint density at radius 3 is 2.47 bits per heavy atom. The van der Waals surface area contributed by atoms with E-state index in [1.165, 1.54) is 12.5 Å². The molecule has 0 aliphatic rings. The molecule has 0 saturated carbocycles. The second-order valence-electron chi connectivity index (χ2n) is 3.48. The normalized spacial score (nSPS) is 9.88. The van der Waals surface area contributed by atoms with Gasteiger partial charge >= 0.3 is 0 Å². The second kappa shape index (κ2) is 5.12. The lowest BCUT2D eigenvalue weighted by Crippen LogP contribution is -2.29. The van der Waals surface area contributed by atoms with E-state index in [9.17, 15) is 9.59 Å². The molecule has 4 heteroatoms. The number of hydrogen-bond acceptors (Lipinski definition) is 3. The van der Waals surface area contributed by atoms with E-state index in [2.05, 4.69) is 5.32 Å². The Labute approximate surface area is 98.3 Å². The molecule has 0 aliphatic carbocycles. The average molecular weight is 229 g/mol. The third-order valence-corrected chi connectivity index (χ3v) is 2.29. The summed E-state index contributed by atoms with van der Waals surface area (Å²) in [5.74, 6) is -0.439. The Morgan fingerprint density at radius 1 is 1.06 bits per heavy atom. The number of Topliss-reactive ketones (excluding diaryl/α,β-unsaturated/α-hetero) is 1. The molecule has 0 saturated heterocycles. The maximum absolute atomic E-state index is 11.6. The highest BCUT2D eigenvalue weighted by Gasteiger charge is 2.09. The Hall–Kier alpha value is -2.36. The van der Waals surface area contributed by atoms with Crippen LogP contribution in [0.1, 0.15) is 20.7 Å². The minimum absolute atomic E-state index is 0.0345. The molecule has 2 aromatic rings. The van der Waals surface area contributed by atoms with Gasteiger partial charge in [0.1, 0.15) is 6.26 Å². The fraction of sp³-hybridized carbons (Fsp3) is 0.0769.